The summed E-state index contributed by atoms with van der Waals surface area (Å²) < 4.78 is 6.80. The van der Waals surface area contributed by atoms with E-state index < -0.39 is 11.9 Å². The Hall–Kier alpha value is -3.41. The van der Waals surface area contributed by atoms with E-state index in [9.17, 15) is 9.59 Å². The summed E-state index contributed by atoms with van der Waals surface area (Å²) in [5.74, 6) is -0.960. The Balaban J connectivity index is 1.78. The molecule has 1 heterocycles. The Morgan fingerprint density at radius 2 is 1.78 bits per heavy atom. The second kappa shape index (κ2) is 6.15. The topological polar surface area (TPSA) is 87.2 Å². The van der Waals surface area contributed by atoms with Crippen molar-refractivity contribution in [3.8, 4) is 11.4 Å². The van der Waals surface area contributed by atoms with E-state index in [1.54, 1.807) is 35.1 Å². The van der Waals surface area contributed by atoms with Gasteiger partial charge >= 0.3 is 5.97 Å². The third kappa shape index (κ3) is 3.26. The molecular formula is C17H13N3O3. The summed E-state index contributed by atoms with van der Waals surface area (Å²) >= 11 is 0. The minimum Gasteiger partial charge on any atom is -0.422 e. The molecule has 0 fully saturated rings. The number of nitrogens with two attached hydrogens (primary N) is 1. The molecule has 3 aromatic rings. The molecular weight excluding hydrogens is 294 g/mol. The van der Waals surface area contributed by atoms with E-state index in [-0.39, 0.29) is 17.0 Å². The monoisotopic (exact) mass is 307 g/mol. The second-order valence-corrected chi connectivity index (χ2v) is 4.76. The maximum absolute atomic E-state index is 12.1. The van der Waals surface area contributed by atoms with Crippen LogP contribution in [0.5, 0.6) is 5.75 Å². The van der Waals surface area contributed by atoms with Gasteiger partial charge in [-0.3, -0.25) is 4.79 Å². The zero-order valence-corrected chi connectivity index (χ0v) is 12.0. The van der Waals surface area contributed by atoms with Crippen LogP contribution >= 0.6 is 0 Å². The minimum absolute atomic E-state index is 0.165. The van der Waals surface area contributed by atoms with E-state index in [1.807, 2.05) is 30.3 Å². The molecule has 0 radical (unpaired) electrons. The molecule has 1 aromatic heterocycles. The van der Waals surface area contributed by atoms with Crippen molar-refractivity contribution >= 4 is 11.9 Å². The van der Waals surface area contributed by atoms with Crippen LogP contribution in [0, 0.1) is 0 Å². The van der Waals surface area contributed by atoms with Crippen LogP contribution in [0.1, 0.15) is 20.8 Å². The lowest BCUT2D eigenvalue weighted by Gasteiger charge is -2.04. The molecule has 3 rings (SSSR count). The van der Waals surface area contributed by atoms with Gasteiger partial charge in [0.1, 0.15) is 5.75 Å². The molecule has 6 nitrogen and oxygen atoms in total. The summed E-state index contributed by atoms with van der Waals surface area (Å²) in [5.41, 5.74) is 6.47. The van der Waals surface area contributed by atoms with Crippen molar-refractivity contribution < 1.29 is 14.3 Å². The highest BCUT2D eigenvalue weighted by Gasteiger charge is 2.13. The van der Waals surface area contributed by atoms with E-state index in [2.05, 4.69) is 5.10 Å². The van der Waals surface area contributed by atoms with E-state index in [4.69, 9.17) is 10.5 Å². The van der Waals surface area contributed by atoms with Crippen LogP contribution in [0.4, 0.5) is 0 Å². The molecule has 0 aliphatic carbocycles. The fourth-order valence-corrected chi connectivity index (χ4v) is 2.03. The standard InChI is InChI=1S/C17H13N3O3/c18-16(21)12-5-4-8-14(11-12)23-17(22)15-9-10-20(19-15)13-6-2-1-3-7-13/h1-11H,(H2,18,21). The lowest BCUT2D eigenvalue weighted by Crippen LogP contribution is -2.13. The van der Waals surface area contributed by atoms with Gasteiger partial charge in [0.05, 0.1) is 5.69 Å². The van der Waals surface area contributed by atoms with E-state index in [0.717, 1.165) is 5.69 Å². The van der Waals surface area contributed by atoms with Crippen LogP contribution in [-0.4, -0.2) is 21.7 Å². The number of hydrogen-bond acceptors (Lipinski definition) is 4. The van der Waals surface area contributed by atoms with Gasteiger partial charge < -0.3 is 10.5 Å². The molecule has 6 heteroatoms. The molecule has 1 amide bonds. The number of nitrogens with zero attached hydrogens (tertiary/aromatic N) is 2. The van der Waals surface area contributed by atoms with Crippen LogP contribution in [0.3, 0.4) is 0 Å². The van der Waals surface area contributed by atoms with Crippen molar-refractivity contribution in [1.82, 2.24) is 9.78 Å². The lowest BCUT2D eigenvalue weighted by atomic mass is 10.2. The van der Waals surface area contributed by atoms with Crippen LogP contribution < -0.4 is 10.5 Å². The Morgan fingerprint density at radius 3 is 2.52 bits per heavy atom. The molecule has 0 saturated carbocycles. The largest absolute Gasteiger partial charge is 0.422 e. The summed E-state index contributed by atoms with van der Waals surface area (Å²) in [4.78, 5) is 23.3. The van der Waals surface area contributed by atoms with Gasteiger partial charge in [-0.15, -0.1) is 0 Å². The summed E-state index contributed by atoms with van der Waals surface area (Å²) in [5, 5.41) is 4.18. The number of para-hydroxylation sites is 1. The van der Waals surface area contributed by atoms with E-state index in [0.29, 0.717) is 0 Å². The minimum atomic E-state index is -0.610. The molecule has 0 aliphatic heterocycles. The lowest BCUT2D eigenvalue weighted by molar-refractivity contribution is 0.0727. The average Bonchev–Trinajstić information content (AvgIpc) is 3.06. The van der Waals surface area contributed by atoms with Crippen molar-refractivity contribution in [3.63, 3.8) is 0 Å². The number of hydrogen-bond donors (Lipinski definition) is 1. The van der Waals surface area contributed by atoms with Crippen molar-refractivity contribution in [3.05, 3.63) is 78.1 Å². The van der Waals surface area contributed by atoms with Crippen LogP contribution in [0.2, 0.25) is 0 Å². The number of rotatable bonds is 4. The molecule has 0 saturated heterocycles. The summed E-state index contributed by atoms with van der Waals surface area (Å²) in [7, 11) is 0. The predicted molar refractivity (Wildman–Crippen MR) is 83.5 cm³/mol. The first-order chi connectivity index (χ1) is 11.1. The predicted octanol–water partition coefficient (Wildman–Crippen LogP) is 2.19. The third-order valence-corrected chi connectivity index (χ3v) is 3.15. The highest BCUT2D eigenvalue weighted by atomic mass is 16.5. The Bertz CT molecular complexity index is 856. The highest BCUT2D eigenvalue weighted by Crippen LogP contribution is 2.15. The quantitative estimate of drug-likeness (QED) is 0.591. The number of ether oxygens (including phenoxy) is 1. The van der Waals surface area contributed by atoms with Crippen LogP contribution in [0.15, 0.2) is 66.9 Å². The van der Waals surface area contributed by atoms with E-state index >= 15 is 0 Å². The maximum atomic E-state index is 12.1. The SMILES string of the molecule is NC(=O)c1cccc(OC(=O)c2ccn(-c3ccccc3)n2)c1. The van der Waals surface area contributed by atoms with Gasteiger partial charge in [0, 0.05) is 11.8 Å². The number of carbonyl (C=O) groups excluding carboxylic acids is 2. The van der Waals surface area contributed by atoms with Gasteiger partial charge in [-0.25, -0.2) is 9.48 Å². The summed E-state index contributed by atoms with van der Waals surface area (Å²) in [6.45, 7) is 0. The average molecular weight is 307 g/mol. The van der Waals surface area contributed by atoms with E-state index in [1.165, 1.54) is 6.07 Å². The zero-order valence-electron chi connectivity index (χ0n) is 12.0. The second-order valence-electron chi connectivity index (χ2n) is 4.76. The van der Waals surface area contributed by atoms with Crippen LogP contribution in [-0.2, 0) is 0 Å². The fourth-order valence-electron chi connectivity index (χ4n) is 2.03. The van der Waals surface area contributed by atoms with Crippen molar-refractivity contribution in [2.24, 2.45) is 5.73 Å². The first kappa shape index (κ1) is 14.5. The number of benzene rings is 2. The zero-order chi connectivity index (χ0) is 16.2. The fraction of sp³-hybridized carbons (Fsp3) is 0. The van der Waals surface area contributed by atoms with Crippen molar-refractivity contribution in [2.45, 2.75) is 0 Å². The normalized spacial score (nSPS) is 10.3. The molecule has 114 valence electrons. The first-order valence-corrected chi connectivity index (χ1v) is 6.86. The molecule has 2 aromatic carbocycles. The van der Waals surface area contributed by atoms with Crippen LogP contribution in [0.25, 0.3) is 5.69 Å². The Labute approximate surface area is 132 Å². The number of aromatic nitrogens is 2. The smallest absolute Gasteiger partial charge is 0.364 e. The number of primary amides is 1. The van der Waals surface area contributed by atoms with Gasteiger partial charge in [0.25, 0.3) is 0 Å². The maximum Gasteiger partial charge on any atom is 0.364 e. The number of carbonyl (C=O) groups is 2. The third-order valence-electron chi connectivity index (χ3n) is 3.15. The first-order valence-electron chi connectivity index (χ1n) is 6.86. The Morgan fingerprint density at radius 1 is 1.00 bits per heavy atom. The van der Waals surface area contributed by atoms with Crippen molar-refractivity contribution in [2.75, 3.05) is 0 Å². The highest BCUT2D eigenvalue weighted by molar-refractivity contribution is 5.94. The summed E-state index contributed by atoms with van der Waals surface area (Å²) in [6, 6.07) is 17.1. The summed E-state index contributed by atoms with van der Waals surface area (Å²) in [6.07, 6.45) is 1.67. The number of amides is 1. The molecule has 2 N–H and O–H groups in total. The Kier molecular flexibility index (Phi) is 3.88. The molecule has 0 aliphatic rings. The van der Waals surface area contributed by atoms with Gasteiger partial charge in [-0.05, 0) is 36.4 Å². The molecule has 0 spiro atoms. The molecule has 0 unspecified atom stereocenters. The van der Waals surface area contributed by atoms with Crippen molar-refractivity contribution in [1.29, 1.82) is 0 Å². The van der Waals surface area contributed by atoms with Gasteiger partial charge in [0.2, 0.25) is 5.91 Å². The molecule has 23 heavy (non-hydrogen) atoms. The molecule has 0 atom stereocenters. The molecule has 0 bridgehead atoms. The van der Waals surface area contributed by atoms with Gasteiger partial charge in [-0.1, -0.05) is 24.3 Å². The number of esters is 1. The van der Waals surface area contributed by atoms with Gasteiger partial charge in [-0.2, -0.15) is 5.10 Å². The van der Waals surface area contributed by atoms with Gasteiger partial charge in [0.15, 0.2) is 5.69 Å².